The predicted molar refractivity (Wildman–Crippen MR) is 91.9 cm³/mol. The van der Waals surface area contributed by atoms with E-state index in [-0.39, 0.29) is 31.3 Å². The van der Waals surface area contributed by atoms with Crippen LogP contribution in [0.25, 0.3) is 0 Å². The zero-order valence-corrected chi connectivity index (χ0v) is 15.0. The molecule has 1 aliphatic carbocycles. The first-order chi connectivity index (χ1) is 13.1. The van der Waals surface area contributed by atoms with Gasteiger partial charge in [0.1, 0.15) is 0 Å². The molecular weight excluding hydrogens is 377 g/mol. The number of nitrogens with zero attached hydrogens (tertiary/aromatic N) is 1. The van der Waals surface area contributed by atoms with Crippen molar-refractivity contribution in [2.24, 2.45) is 11.8 Å². The third-order valence-electron chi connectivity index (χ3n) is 5.37. The minimum Gasteiger partial charge on any atom is -0.481 e. The van der Waals surface area contributed by atoms with Gasteiger partial charge in [-0.15, -0.1) is 0 Å². The van der Waals surface area contributed by atoms with Gasteiger partial charge in [0.2, 0.25) is 11.8 Å². The molecule has 2 aliphatic rings. The quantitative estimate of drug-likeness (QED) is 0.798. The fraction of sp³-hybridized carbons (Fsp3) is 0.526. The first kappa shape index (κ1) is 20.2. The monoisotopic (exact) mass is 398 g/mol. The predicted octanol–water partition coefficient (Wildman–Crippen LogP) is 2.42. The summed E-state index contributed by atoms with van der Waals surface area (Å²) in [6, 6.07) is 4.31. The number of carboxylic acids is 1. The van der Waals surface area contributed by atoms with Gasteiger partial charge in [-0.1, -0.05) is 18.6 Å². The summed E-state index contributed by atoms with van der Waals surface area (Å²) in [6.45, 7) is 0.0963. The average molecular weight is 398 g/mol. The Bertz CT molecular complexity index is 781. The van der Waals surface area contributed by atoms with Crippen LogP contribution in [-0.2, 0) is 27.1 Å². The van der Waals surface area contributed by atoms with Gasteiger partial charge in [-0.25, -0.2) is 0 Å². The zero-order valence-electron chi connectivity index (χ0n) is 15.0. The van der Waals surface area contributed by atoms with Gasteiger partial charge >= 0.3 is 12.1 Å². The second-order valence-corrected chi connectivity index (χ2v) is 7.36. The molecule has 152 valence electrons. The topological polar surface area (TPSA) is 86.7 Å². The first-order valence-electron chi connectivity index (χ1n) is 9.12. The van der Waals surface area contributed by atoms with Crippen LogP contribution in [0.1, 0.15) is 36.8 Å². The summed E-state index contributed by atoms with van der Waals surface area (Å²) in [5.41, 5.74) is -0.446. The number of alkyl halides is 3. The first-order valence-corrected chi connectivity index (χ1v) is 9.12. The second-order valence-electron chi connectivity index (χ2n) is 7.36. The summed E-state index contributed by atoms with van der Waals surface area (Å²) < 4.78 is 38.5. The van der Waals surface area contributed by atoms with E-state index in [2.05, 4.69) is 5.32 Å². The van der Waals surface area contributed by atoms with Crippen molar-refractivity contribution in [2.45, 2.75) is 44.4 Å². The lowest BCUT2D eigenvalue weighted by molar-refractivity contribution is -0.142. The van der Waals surface area contributed by atoms with Crippen LogP contribution in [0, 0.1) is 11.8 Å². The van der Waals surface area contributed by atoms with Crippen molar-refractivity contribution in [3.8, 4) is 0 Å². The molecule has 0 bridgehead atoms. The highest BCUT2D eigenvalue weighted by Crippen LogP contribution is 2.31. The van der Waals surface area contributed by atoms with Crippen molar-refractivity contribution in [3.63, 3.8) is 0 Å². The number of rotatable bonds is 5. The highest BCUT2D eigenvalue weighted by Gasteiger charge is 2.39. The van der Waals surface area contributed by atoms with Gasteiger partial charge in [0.15, 0.2) is 0 Å². The Hall–Kier alpha value is -2.58. The van der Waals surface area contributed by atoms with E-state index >= 15 is 0 Å². The molecule has 0 spiro atoms. The Kier molecular flexibility index (Phi) is 5.62. The number of carbonyl (C=O) groups excluding carboxylic acids is 2. The van der Waals surface area contributed by atoms with Crippen LogP contribution in [0.3, 0.4) is 0 Å². The molecule has 0 aromatic heterocycles. The highest BCUT2D eigenvalue weighted by atomic mass is 19.4. The van der Waals surface area contributed by atoms with Crippen molar-refractivity contribution in [2.75, 3.05) is 6.54 Å². The zero-order chi connectivity index (χ0) is 20.5. The molecule has 2 fully saturated rings. The number of carboxylic acid groups (broad SMARTS) is 1. The van der Waals surface area contributed by atoms with Crippen molar-refractivity contribution in [1.29, 1.82) is 0 Å². The number of hydrogen-bond acceptors (Lipinski definition) is 3. The highest BCUT2D eigenvalue weighted by molar-refractivity contribution is 5.89. The third kappa shape index (κ3) is 4.45. The lowest BCUT2D eigenvalue weighted by atomic mass is 10.0. The van der Waals surface area contributed by atoms with Crippen LogP contribution >= 0.6 is 0 Å². The minimum atomic E-state index is -4.46. The van der Waals surface area contributed by atoms with E-state index in [9.17, 15) is 32.7 Å². The lowest BCUT2D eigenvalue weighted by Crippen LogP contribution is -2.43. The summed E-state index contributed by atoms with van der Waals surface area (Å²) in [5.74, 6) is -2.89. The number of amides is 2. The third-order valence-corrected chi connectivity index (χ3v) is 5.37. The molecule has 6 nitrogen and oxygen atoms in total. The maximum absolute atomic E-state index is 12.8. The second kappa shape index (κ2) is 7.81. The van der Waals surface area contributed by atoms with Crippen LogP contribution in [0.2, 0.25) is 0 Å². The smallest absolute Gasteiger partial charge is 0.416 e. The number of halogens is 3. The normalized spacial score (nSPS) is 25.2. The molecule has 3 atom stereocenters. The van der Waals surface area contributed by atoms with Crippen molar-refractivity contribution in [3.05, 3.63) is 35.4 Å². The van der Waals surface area contributed by atoms with E-state index in [1.54, 1.807) is 0 Å². The van der Waals surface area contributed by atoms with Gasteiger partial charge in [0.05, 0.1) is 17.4 Å². The molecule has 1 aromatic carbocycles. The number of carbonyl (C=O) groups is 3. The van der Waals surface area contributed by atoms with Gasteiger partial charge < -0.3 is 15.3 Å². The Morgan fingerprint density at radius 3 is 2.68 bits per heavy atom. The van der Waals surface area contributed by atoms with Crippen molar-refractivity contribution in [1.82, 2.24) is 10.2 Å². The molecule has 1 aliphatic heterocycles. The van der Waals surface area contributed by atoms with Gasteiger partial charge in [-0.2, -0.15) is 13.2 Å². The van der Waals surface area contributed by atoms with Gasteiger partial charge in [-0.3, -0.25) is 14.4 Å². The number of aliphatic carboxylic acids is 1. The van der Waals surface area contributed by atoms with Gasteiger partial charge in [0, 0.05) is 25.6 Å². The SMILES string of the molecule is O=C(N[C@H]1CCC[C@H]1C(=O)O)C1CC(=O)N(Cc2cccc(C(F)(F)F)c2)C1. The number of hydrogen-bond donors (Lipinski definition) is 2. The lowest BCUT2D eigenvalue weighted by Gasteiger charge is -2.20. The molecule has 1 aromatic rings. The van der Waals surface area contributed by atoms with Crippen LogP contribution in [0.4, 0.5) is 13.2 Å². The fourth-order valence-electron chi connectivity index (χ4n) is 3.90. The summed E-state index contributed by atoms with van der Waals surface area (Å²) in [6.07, 6.45) is -2.69. The number of nitrogens with one attached hydrogen (secondary N) is 1. The molecule has 1 heterocycles. The number of likely N-dealkylation sites (tertiary alicyclic amines) is 1. The van der Waals surface area contributed by atoms with Crippen molar-refractivity contribution < 1.29 is 32.7 Å². The van der Waals surface area contributed by atoms with Gasteiger partial charge in [0.25, 0.3) is 0 Å². The standard InChI is InChI=1S/C19H21F3N2O4/c20-19(21,22)13-4-1-3-11(7-13)9-24-10-12(8-16(24)25)17(26)23-15-6-2-5-14(15)18(27)28/h1,3-4,7,12,14-15H,2,5-6,8-10H2,(H,23,26)(H,27,28)/t12?,14-,15+/m1/s1. The number of benzene rings is 1. The summed E-state index contributed by atoms with van der Waals surface area (Å²) in [7, 11) is 0. The fourth-order valence-corrected chi connectivity index (χ4v) is 3.90. The van der Waals surface area contributed by atoms with E-state index in [1.807, 2.05) is 0 Å². The van der Waals surface area contributed by atoms with Crippen LogP contribution in [0.15, 0.2) is 24.3 Å². The molecule has 1 unspecified atom stereocenters. The molecule has 28 heavy (non-hydrogen) atoms. The summed E-state index contributed by atoms with van der Waals surface area (Å²) in [4.78, 5) is 37.3. The Morgan fingerprint density at radius 2 is 2.00 bits per heavy atom. The summed E-state index contributed by atoms with van der Waals surface area (Å²) in [5, 5.41) is 11.9. The van der Waals surface area contributed by atoms with E-state index in [0.717, 1.165) is 12.1 Å². The van der Waals surface area contributed by atoms with Crippen LogP contribution in [-0.4, -0.2) is 40.4 Å². The van der Waals surface area contributed by atoms with Crippen LogP contribution < -0.4 is 5.32 Å². The van der Waals surface area contributed by atoms with Gasteiger partial charge in [-0.05, 0) is 30.5 Å². The maximum atomic E-state index is 12.8. The molecule has 1 saturated carbocycles. The molecule has 9 heteroatoms. The Morgan fingerprint density at radius 1 is 1.25 bits per heavy atom. The summed E-state index contributed by atoms with van der Waals surface area (Å²) >= 11 is 0. The Balaban J connectivity index is 1.61. The molecular formula is C19H21F3N2O4. The average Bonchev–Trinajstić information content (AvgIpc) is 3.21. The van der Waals surface area contributed by atoms with E-state index in [4.69, 9.17) is 0 Å². The van der Waals surface area contributed by atoms with Crippen LogP contribution in [0.5, 0.6) is 0 Å². The molecule has 1 saturated heterocycles. The van der Waals surface area contributed by atoms with E-state index in [1.165, 1.54) is 17.0 Å². The van der Waals surface area contributed by atoms with E-state index < -0.39 is 35.6 Å². The van der Waals surface area contributed by atoms with E-state index in [0.29, 0.717) is 24.8 Å². The largest absolute Gasteiger partial charge is 0.481 e. The minimum absolute atomic E-state index is 0.00624. The molecule has 0 radical (unpaired) electrons. The molecule has 2 amide bonds. The maximum Gasteiger partial charge on any atom is 0.416 e. The Labute approximate surface area is 159 Å². The van der Waals surface area contributed by atoms with Crippen molar-refractivity contribution >= 4 is 17.8 Å². The molecule has 2 N–H and O–H groups in total. The molecule has 3 rings (SSSR count).